The first-order valence-corrected chi connectivity index (χ1v) is 10.1. The van der Waals surface area contributed by atoms with E-state index in [2.05, 4.69) is 35.2 Å². The lowest BCUT2D eigenvalue weighted by atomic mass is 10.1. The summed E-state index contributed by atoms with van der Waals surface area (Å²) in [4.78, 5) is 24.0. The maximum absolute atomic E-state index is 12.1. The first-order valence-electron chi connectivity index (χ1n) is 10.1. The fourth-order valence-electron chi connectivity index (χ4n) is 2.81. The van der Waals surface area contributed by atoms with E-state index in [4.69, 9.17) is 0 Å². The molecule has 0 spiro atoms. The molecular weight excluding hydrogens is 350 g/mol. The second-order valence-corrected chi connectivity index (χ2v) is 6.87. The number of unbranched alkanes of at least 4 members (excludes halogenated alkanes) is 3. The summed E-state index contributed by atoms with van der Waals surface area (Å²) in [6.07, 6.45) is 16.4. The monoisotopic (exact) mass is 381 g/mol. The Hall–Kier alpha value is -2.66. The Morgan fingerprint density at radius 1 is 1.07 bits per heavy atom. The number of amides is 2. The summed E-state index contributed by atoms with van der Waals surface area (Å²) in [5, 5.41) is 2.86. The van der Waals surface area contributed by atoms with Gasteiger partial charge in [0.1, 0.15) is 0 Å². The number of hydrazine groups is 1. The number of carbonyl (C=O) groups is 2. The minimum Gasteiger partial charge on any atom is -0.348 e. The third-order valence-electron chi connectivity index (χ3n) is 4.49. The van der Waals surface area contributed by atoms with E-state index in [1.54, 1.807) is 18.2 Å². The summed E-state index contributed by atoms with van der Waals surface area (Å²) in [6.45, 7) is 3.37. The molecule has 150 valence electrons. The highest BCUT2D eigenvalue weighted by molar-refractivity contribution is 5.93. The average molecular weight is 382 g/mol. The summed E-state index contributed by atoms with van der Waals surface area (Å²) in [5.74, 6) is -0.281. The van der Waals surface area contributed by atoms with Gasteiger partial charge in [0.15, 0.2) is 0 Å². The standard InChI is InChI=1S/C23H31N3O2/c1-2-3-4-8-17-25-26-23(28)21-14-11-20(12-15-21)18-24-22(27)16-13-19-9-6-5-7-10-19/h6,9-16,25H,2-5,7-8,17-18H2,1H3,(H,24,27)(H,26,28)/b16-13+. The highest BCUT2D eigenvalue weighted by atomic mass is 16.2. The van der Waals surface area contributed by atoms with Crippen molar-refractivity contribution in [1.29, 1.82) is 0 Å². The van der Waals surface area contributed by atoms with E-state index in [9.17, 15) is 9.59 Å². The van der Waals surface area contributed by atoms with Crippen molar-refractivity contribution in [3.05, 3.63) is 71.3 Å². The Labute approximate surface area is 168 Å². The minimum absolute atomic E-state index is 0.131. The van der Waals surface area contributed by atoms with Crippen LogP contribution < -0.4 is 16.2 Å². The highest BCUT2D eigenvalue weighted by Gasteiger charge is 2.05. The van der Waals surface area contributed by atoms with Gasteiger partial charge in [-0.3, -0.25) is 15.0 Å². The van der Waals surface area contributed by atoms with Gasteiger partial charge in [-0.1, -0.05) is 56.5 Å². The zero-order valence-electron chi connectivity index (χ0n) is 16.7. The quantitative estimate of drug-likeness (QED) is 0.309. The Morgan fingerprint density at radius 3 is 2.61 bits per heavy atom. The Bertz CT molecular complexity index is 718. The third-order valence-corrected chi connectivity index (χ3v) is 4.49. The van der Waals surface area contributed by atoms with Crippen LogP contribution in [0.4, 0.5) is 0 Å². The molecule has 3 N–H and O–H groups in total. The van der Waals surface area contributed by atoms with Gasteiger partial charge in [0.2, 0.25) is 5.91 Å². The van der Waals surface area contributed by atoms with Crippen LogP contribution in [-0.4, -0.2) is 18.4 Å². The van der Waals surface area contributed by atoms with Gasteiger partial charge in [-0.2, -0.15) is 0 Å². The summed E-state index contributed by atoms with van der Waals surface area (Å²) in [6, 6.07) is 7.24. The zero-order chi connectivity index (χ0) is 20.0. The predicted molar refractivity (Wildman–Crippen MR) is 113 cm³/mol. The summed E-state index contributed by atoms with van der Waals surface area (Å²) >= 11 is 0. The minimum atomic E-state index is -0.150. The zero-order valence-corrected chi connectivity index (χ0v) is 16.7. The van der Waals surface area contributed by atoms with Crippen LogP contribution in [0.3, 0.4) is 0 Å². The third kappa shape index (κ3) is 8.35. The molecule has 0 bridgehead atoms. The lowest BCUT2D eigenvalue weighted by Gasteiger charge is -2.08. The number of hydrogen-bond acceptors (Lipinski definition) is 3. The van der Waals surface area contributed by atoms with Crippen LogP contribution in [0.5, 0.6) is 0 Å². The first kappa shape index (κ1) is 21.6. The van der Waals surface area contributed by atoms with E-state index in [1.807, 2.05) is 24.3 Å². The molecule has 0 heterocycles. The number of hydrogen-bond donors (Lipinski definition) is 3. The molecule has 1 aromatic carbocycles. The molecular formula is C23H31N3O2. The molecule has 1 aliphatic rings. The molecule has 0 saturated carbocycles. The maximum atomic E-state index is 12.1. The largest absolute Gasteiger partial charge is 0.348 e. The molecule has 28 heavy (non-hydrogen) atoms. The number of nitrogens with one attached hydrogen (secondary N) is 3. The fraction of sp³-hybridized carbons (Fsp3) is 0.391. The molecule has 0 atom stereocenters. The smallest absolute Gasteiger partial charge is 0.265 e. The number of rotatable bonds is 11. The van der Waals surface area contributed by atoms with E-state index in [0.717, 1.165) is 36.9 Å². The summed E-state index contributed by atoms with van der Waals surface area (Å²) in [5.41, 5.74) is 8.28. The van der Waals surface area contributed by atoms with Crippen molar-refractivity contribution >= 4 is 11.8 Å². The van der Waals surface area contributed by atoms with Gasteiger partial charge < -0.3 is 5.32 Å². The molecule has 5 heteroatoms. The molecule has 5 nitrogen and oxygen atoms in total. The molecule has 1 aliphatic carbocycles. The van der Waals surface area contributed by atoms with Crippen LogP contribution >= 0.6 is 0 Å². The lowest BCUT2D eigenvalue weighted by Crippen LogP contribution is -2.37. The highest BCUT2D eigenvalue weighted by Crippen LogP contribution is 2.10. The SMILES string of the molecule is CCCCCCNNC(=O)c1ccc(CNC(=O)/C=C/C2=CCCC=C2)cc1. The van der Waals surface area contributed by atoms with Gasteiger partial charge >= 0.3 is 0 Å². The summed E-state index contributed by atoms with van der Waals surface area (Å²) < 4.78 is 0. The number of carbonyl (C=O) groups excluding carboxylic acids is 2. The number of allylic oxidation sites excluding steroid dienone is 5. The Balaban J connectivity index is 1.69. The van der Waals surface area contributed by atoms with Crippen molar-refractivity contribution in [2.24, 2.45) is 0 Å². The van der Waals surface area contributed by atoms with E-state index in [-0.39, 0.29) is 11.8 Å². The van der Waals surface area contributed by atoms with Gasteiger partial charge in [-0.15, -0.1) is 0 Å². The van der Waals surface area contributed by atoms with Crippen molar-refractivity contribution in [3.8, 4) is 0 Å². The molecule has 0 aliphatic heterocycles. The fourth-order valence-corrected chi connectivity index (χ4v) is 2.81. The topological polar surface area (TPSA) is 70.2 Å². The molecule has 1 aromatic rings. The van der Waals surface area contributed by atoms with Gasteiger partial charge in [0, 0.05) is 24.7 Å². The van der Waals surface area contributed by atoms with Gasteiger partial charge in [-0.25, -0.2) is 5.43 Å². The van der Waals surface area contributed by atoms with Crippen molar-refractivity contribution in [1.82, 2.24) is 16.2 Å². The lowest BCUT2D eigenvalue weighted by molar-refractivity contribution is -0.116. The first-order chi connectivity index (χ1) is 13.7. The van der Waals surface area contributed by atoms with Gasteiger partial charge in [0.05, 0.1) is 0 Å². The van der Waals surface area contributed by atoms with Crippen molar-refractivity contribution < 1.29 is 9.59 Å². The van der Waals surface area contributed by atoms with Crippen LogP contribution in [0, 0.1) is 0 Å². The maximum Gasteiger partial charge on any atom is 0.265 e. The summed E-state index contributed by atoms with van der Waals surface area (Å²) in [7, 11) is 0. The second-order valence-electron chi connectivity index (χ2n) is 6.87. The van der Waals surface area contributed by atoms with Crippen molar-refractivity contribution in [3.63, 3.8) is 0 Å². The van der Waals surface area contributed by atoms with Gasteiger partial charge in [-0.05, 0) is 48.6 Å². The molecule has 0 radical (unpaired) electrons. The normalized spacial score (nSPS) is 13.4. The molecule has 0 fully saturated rings. The average Bonchev–Trinajstić information content (AvgIpc) is 2.74. The molecule has 0 saturated heterocycles. The van der Waals surface area contributed by atoms with E-state index in [1.165, 1.54) is 19.3 Å². The Kier molecular flexibility index (Phi) is 9.80. The van der Waals surface area contributed by atoms with Crippen LogP contribution in [-0.2, 0) is 11.3 Å². The van der Waals surface area contributed by atoms with E-state index >= 15 is 0 Å². The van der Waals surface area contributed by atoms with E-state index < -0.39 is 0 Å². The van der Waals surface area contributed by atoms with Crippen LogP contribution in [0.1, 0.15) is 61.4 Å². The molecule has 0 aromatic heterocycles. The predicted octanol–water partition coefficient (Wildman–Crippen LogP) is 3.95. The second kappa shape index (κ2) is 12.7. The number of benzene rings is 1. The Morgan fingerprint density at radius 2 is 1.89 bits per heavy atom. The molecule has 0 unspecified atom stereocenters. The van der Waals surface area contributed by atoms with Gasteiger partial charge in [0.25, 0.3) is 5.91 Å². The van der Waals surface area contributed by atoms with Crippen molar-refractivity contribution in [2.75, 3.05) is 6.54 Å². The van der Waals surface area contributed by atoms with Crippen LogP contribution in [0.15, 0.2) is 60.2 Å². The van der Waals surface area contributed by atoms with Crippen LogP contribution in [0.2, 0.25) is 0 Å². The van der Waals surface area contributed by atoms with Crippen molar-refractivity contribution in [2.45, 2.75) is 52.0 Å². The van der Waals surface area contributed by atoms with Crippen LogP contribution in [0.25, 0.3) is 0 Å². The molecule has 2 rings (SSSR count). The molecule has 2 amide bonds. The van der Waals surface area contributed by atoms with E-state index in [0.29, 0.717) is 12.1 Å².